The zero-order valence-electron chi connectivity index (χ0n) is 42.4. The smallest absolute Gasteiger partial charge is 0.302 e. The van der Waals surface area contributed by atoms with Crippen LogP contribution in [0.2, 0.25) is 0 Å². The molecular weight excluding hydrogens is 944 g/mol. The minimum absolute atomic E-state index is 0.000632. The largest absolute Gasteiger partial charge is 0.497 e. The minimum atomic E-state index is -1.80. The molecule has 2 aromatic heterocycles. The van der Waals surface area contributed by atoms with E-state index in [1.165, 1.54) is 24.9 Å². The van der Waals surface area contributed by atoms with Gasteiger partial charge in [0.1, 0.15) is 41.8 Å². The number of esters is 2. The molecule has 0 amide bonds. The molecule has 5 aromatic rings. The van der Waals surface area contributed by atoms with Crippen molar-refractivity contribution in [3.05, 3.63) is 112 Å². The van der Waals surface area contributed by atoms with E-state index in [0.29, 0.717) is 11.5 Å². The van der Waals surface area contributed by atoms with E-state index >= 15 is 0 Å². The number of aromatic nitrogens is 4. The minimum Gasteiger partial charge on any atom is -0.497 e. The molecule has 382 valence electrons. The number of carbonyl (C=O) groups excluding carboxylic acids is 2. The number of H-pyrrole nitrogens is 1. The van der Waals surface area contributed by atoms with E-state index in [1.807, 2.05) is 78.9 Å². The number of ether oxygens (including phenoxy) is 6. The number of hydrogen-bond acceptors (Lipinski definition) is 16. The van der Waals surface area contributed by atoms with E-state index in [9.17, 15) is 19.6 Å². The fourth-order valence-electron chi connectivity index (χ4n) is 8.09. The lowest BCUT2D eigenvalue weighted by Gasteiger charge is -2.39. The summed E-state index contributed by atoms with van der Waals surface area (Å²) in [5.74, 6) is 5.44. The van der Waals surface area contributed by atoms with Crippen molar-refractivity contribution in [1.29, 1.82) is 5.26 Å². The van der Waals surface area contributed by atoms with Crippen LogP contribution < -0.4 is 15.0 Å². The molecule has 0 spiro atoms. The molecule has 19 nitrogen and oxygen atoms in total. The molecule has 0 bridgehead atoms. The molecular formula is C52H63N8O11P. The van der Waals surface area contributed by atoms with Crippen LogP contribution in [0.4, 0.5) is 5.95 Å². The number of hydrogen-bond donors (Lipinski definition) is 1. The zero-order valence-corrected chi connectivity index (χ0v) is 43.3. The number of nitrogens with one attached hydrogen (secondary N) is 1. The number of methoxy groups -OCH3 is 2. The zero-order chi connectivity index (χ0) is 52.0. The molecule has 1 aliphatic heterocycles. The van der Waals surface area contributed by atoms with Gasteiger partial charge in [-0.2, -0.15) is 15.3 Å². The number of carbonyl (C=O) groups is 2. The first-order valence-corrected chi connectivity index (χ1v) is 24.6. The van der Waals surface area contributed by atoms with E-state index in [4.69, 9.17) is 47.6 Å². The maximum Gasteiger partial charge on any atom is 0.302 e. The van der Waals surface area contributed by atoms with Crippen molar-refractivity contribution in [3.8, 4) is 29.4 Å². The summed E-state index contributed by atoms with van der Waals surface area (Å²) < 4.78 is 53.2. The highest BCUT2D eigenvalue weighted by Gasteiger charge is 2.46. The first-order chi connectivity index (χ1) is 34.6. The van der Waals surface area contributed by atoms with Gasteiger partial charge in [0.2, 0.25) is 5.95 Å². The van der Waals surface area contributed by atoms with Crippen LogP contribution in [0.5, 0.6) is 11.5 Å². The predicted molar refractivity (Wildman–Crippen MR) is 270 cm³/mol. The van der Waals surface area contributed by atoms with Gasteiger partial charge in [0.25, 0.3) is 14.1 Å². The number of aromatic amines is 1. The molecule has 1 aliphatic rings. The van der Waals surface area contributed by atoms with E-state index < -0.39 is 56.0 Å². The van der Waals surface area contributed by atoms with Gasteiger partial charge in [0.15, 0.2) is 17.6 Å². The van der Waals surface area contributed by atoms with Crippen LogP contribution in [0, 0.1) is 29.1 Å². The van der Waals surface area contributed by atoms with Crippen LogP contribution in [0.15, 0.2) is 88.6 Å². The van der Waals surface area contributed by atoms with Gasteiger partial charge < -0.3 is 42.4 Å². The van der Waals surface area contributed by atoms with Crippen molar-refractivity contribution in [2.75, 3.05) is 54.7 Å². The number of nitrogens with zero attached hydrogens (tertiary/aromatic N) is 7. The Labute approximate surface area is 421 Å². The van der Waals surface area contributed by atoms with Gasteiger partial charge >= 0.3 is 11.9 Å². The summed E-state index contributed by atoms with van der Waals surface area (Å²) in [4.78, 5) is 51.2. The van der Waals surface area contributed by atoms with Crippen LogP contribution in [0.3, 0.4) is 0 Å². The fraction of sp³-hybridized carbons (Fsp3) is 0.442. The average molecular weight is 1010 g/mol. The lowest BCUT2D eigenvalue weighted by Crippen LogP contribution is -2.39. The number of fused-ring (bicyclic) bond motifs is 1. The van der Waals surface area contributed by atoms with E-state index in [-0.39, 0.29) is 74.0 Å². The monoisotopic (exact) mass is 1010 g/mol. The summed E-state index contributed by atoms with van der Waals surface area (Å²) in [5.41, 5.74) is 0.779. The van der Waals surface area contributed by atoms with E-state index in [1.54, 1.807) is 33.2 Å². The molecule has 1 N–H and O–H groups in total. The Morgan fingerprint density at radius 2 is 1.51 bits per heavy atom. The third-order valence-electron chi connectivity index (χ3n) is 11.3. The quantitative estimate of drug-likeness (QED) is 0.0128. The highest BCUT2D eigenvalue weighted by molar-refractivity contribution is 7.44. The van der Waals surface area contributed by atoms with E-state index in [2.05, 4.69) is 60.3 Å². The van der Waals surface area contributed by atoms with Gasteiger partial charge in [-0.3, -0.25) is 19.4 Å². The summed E-state index contributed by atoms with van der Waals surface area (Å²) in [7, 11) is 4.99. The van der Waals surface area contributed by atoms with Crippen molar-refractivity contribution in [3.63, 3.8) is 0 Å². The molecule has 3 heterocycles. The number of rotatable bonds is 23. The number of aliphatic imine (C=N–C) groups is 1. The van der Waals surface area contributed by atoms with Crippen LogP contribution in [0.1, 0.15) is 83.0 Å². The van der Waals surface area contributed by atoms with Gasteiger partial charge in [-0.05, 0) is 74.6 Å². The third kappa shape index (κ3) is 13.6. The van der Waals surface area contributed by atoms with Crippen LogP contribution >= 0.6 is 8.53 Å². The normalized spacial score (nSPS) is 16.3. The lowest BCUT2D eigenvalue weighted by atomic mass is 9.80. The van der Waals surface area contributed by atoms with E-state index in [0.717, 1.165) is 16.7 Å². The van der Waals surface area contributed by atoms with Crippen molar-refractivity contribution in [2.24, 2.45) is 10.9 Å². The first-order valence-electron chi connectivity index (χ1n) is 23.5. The lowest BCUT2D eigenvalue weighted by molar-refractivity contribution is -0.144. The summed E-state index contributed by atoms with van der Waals surface area (Å²) in [6.07, 6.45) is -0.678. The van der Waals surface area contributed by atoms with Crippen LogP contribution in [-0.4, -0.2) is 127 Å². The molecule has 1 unspecified atom stereocenters. The maximum atomic E-state index is 14.1. The first kappa shape index (κ1) is 54.6. The topological polar surface area (TPSA) is 214 Å². The van der Waals surface area contributed by atoms with Gasteiger partial charge in [-0.25, -0.2) is 14.3 Å². The molecule has 20 heteroatoms. The second kappa shape index (κ2) is 25.6. The second-order valence-electron chi connectivity index (χ2n) is 17.5. The van der Waals surface area contributed by atoms with Crippen LogP contribution in [-0.2, 0) is 43.2 Å². The Balaban J connectivity index is 1.52. The van der Waals surface area contributed by atoms with Crippen molar-refractivity contribution < 1.29 is 47.1 Å². The molecule has 0 saturated carbocycles. The molecule has 1 saturated heterocycles. The summed E-state index contributed by atoms with van der Waals surface area (Å²) in [6.45, 7) is 10.5. The predicted octanol–water partition coefficient (Wildman–Crippen LogP) is 7.41. The Bertz CT molecular complexity index is 2710. The summed E-state index contributed by atoms with van der Waals surface area (Å²) in [6, 6.07) is 27.4. The van der Waals surface area contributed by atoms with Crippen molar-refractivity contribution in [1.82, 2.24) is 29.3 Å². The molecule has 6 rings (SSSR count). The number of nitriles is 1. The van der Waals surface area contributed by atoms with Gasteiger partial charge in [-0.1, -0.05) is 60.5 Å². The maximum absolute atomic E-state index is 14.1. The van der Waals surface area contributed by atoms with Gasteiger partial charge in [0, 0.05) is 46.4 Å². The Morgan fingerprint density at radius 3 is 2.04 bits per heavy atom. The van der Waals surface area contributed by atoms with Crippen molar-refractivity contribution in [2.45, 2.75) is 90.5 Å². The second-order valence-corrected chi connectivity index (χ2v) is 18.9. The molecule has 3 aromatic carbocycles. The number of benzene rings is 3. The van der Waals surface area contributed by atoms with Gasteiger partial charge in [0.05, 0.1) is 58.3 Å². The average Bonchev–Trinajstić information content (AvgIpc) is 3.94. The molecule has 1 fully saturated rings. The Morgan fingerprint density at radius 1 is 0.931 bits per heavy atom. The molecule has 4 atom stereocenters. The SMILES string of the molecule is COc1ccc(C(OC[C@H]2O[C@@H](n3nc(C#CC(COC(C)=O)COC(C)=O)c4c(=O)[nH]c(/N=C/N(C)C)nc43)C[C@H]2OP(OCCC#N)N(C(C)C)C(C)C)(c2ccccc2)c2ccc(OC)cc2)cc1. The highest BCUT2D eigenvalue weighted by atomic mass is 31.2. The van der Waals surface area contributed by atoms with Crippen LogP contribution in [0.25, 0.3) is 11.0 Å². The van der Waals surface area contributed by atoms with Gasteiger partial charge in [-0.15, -0.1) is 0 Å². The Hall–Kier alpha value is -6.70. The summed E-state index contributed by atoms with van der Waals surface area (Å²) in [5, 5.41) is 14.5. The van der Waals surface area contributed by atoms with Crippen molar-refractivity contribution >= 4 is 43.8 Å². The highest BCUT2D eigenvalue weighted by Crippen LogP contribution is 2.51. The summed E-state index contributed by atoms with van der Waals surface area (Å²) >= 11 is 0. The molecule has 0 aliphatic carbocycles. The Kier molecular flexibility index (Phi) is 19.4. The third-order valence-corrected chi connectivity index (χ3v) is 13.5. The molecule has 72 heavy (non-hydrogen) atoms. The standard InChI is InChI=1S/C52H63N8O11P/c1-34(2)60(35(3)4)72(69-28-14-27-53)71-45-29-47(59-49-48(50(63)56-51(55-49)54-33-58(7)8)44(57-59)26-17-38(30-66-36(5)61)31-67-37(6)62)70-46(45)32-68-52(39-15-12-11-13-16-39,40-18-22-42(64-9)23-19-40)41-20-24-43(65-10)25-21-41/h11-13,15-16,18-25,33-35,38,45-47H,14,28-32H2,1-10H3,(H,55,56,63)/b54-33+/t45-,46-,47-,72?/m1/s1. The fourth-order valence-corrected chi connectivity index (χ4v) is 9.85. The molecule has 0 radical (unpaired) electrons.